The normalized spacial score (nSPS) is 21.1. The number of piperidine rings is 1. The molecule has 1 fully saturated rings. The highest BCUT2D eigenvalue weighted by atomic mass is 32.2. The van der Waals surface area contributed by atoms with E-state index < -0.39 is 21.6 Å². The molecule has 0 saturated carbocycles. The Morgan fingerprint density at radius 3 is 2.52 bits per heavy atom. The average molecular weight is 427 g/mol. The molecule has 2 unspecified atom stereocenters. The fourth-order valence-corrected chi connectivity index (χ4v) is 4.72. The first-order valence-electron chi connectivity index (χ1n) is 9.33. The summed E-state index contributed by atoms with van der Waals surface area (Å²) < 4.78 is 62.6. The zero-order valence-corrected chi connectivity index (χ0v) is 17.1. The molecule has 2 heterocycles. The fraction of sp³-hybridized carbons (Fsp3) is 0.450. The average Bonchev–Trinajstić information content (AvgIpc) is 2.65. The standard InChI is InChI=1S/C20H24F3N3O2S/c1-26-12-4-5-15(13-25-19-17(29(2,27)28)6-3-11-24-19)18(26)14-7-9-16(10-8-14)20(21,22)23/h3,6-11,15,18H,4-5,12-13H2,1-2H3,(H,24,25). The molecule has 9 heteroatoms. The van der Waals surface area contributed by atoms with E-state index in [1.165, 1.54) is 24.4 Å². The minimum Gasteiger partial charge on any atom is -0.369 e. The van der Waals surface area contributed by atoms with Gasteiger partial charge in [-0.2, -0.15) is 13.2 Å². The van der Waals surface area contributed by atoms with Crippen molar-refractivity contribution in [2.75, 3.05) is 31.7 Å². The minimum absolute atomic E-state index is 0.0658. The predicted octanol–water partition coefficient (Wildman–Crippen LogP) is 4.00. The van der Waals surface area contributed by atoms with Crippen LogP contribution in [0.25, 0.3) is 0 Å². The SMILES string of the molecule is CN1CCCC(CNc2ncccc2S(C)(=O)=O)C1c1ccc(C(F)(F)F)cc1. The molecular weight excluding hydrogens is 403 g/mol. The van der Waals surface area contributed by atoms with Gasteiger partial charge >= 0.3 is 6.18 Å². The van der Waals surface area contributed by atoms with E-state index in [4.69, 9.17) is 0 Å². The Balaban J connectivity index is 1.81. The van der Waals surface area contributed by atoms with Crippen LogP contribution in [-0.4, -0.2) is 44.7 Å². The first kappa shape index (κ1) is 21.6. The van der Waals surface area contributed by atoms with E-state index in [1.54, 1.807) is 6.07 Å². The lowest BCUT2D eigenvalue weighted by atomic mass is 9.84. The summed E-state index contributed by atoms with van der Waals surface area (Å²) in [4.78, 5) is 6.42. The molecule has 1 aromatic carbocycles. The number of aromatic nitrogens is 1. The molecule has 1 saturated heterocycles. The monoisotopic (exact) mass is 427 g/mol. The van der Waals surface area contributed by atoms with E-state index in [0.29, 0.717) is 12.4 Å². The summed E-state index contributed by atoms with van der Waals surface area (Å²) in [6, 6.07) is 8.30. The molecule has 1 aromatic heterocycles. The number of nitrogens with one attached hydrogen (secondary N) is 1. The fourth-order valence-electron chi connectivity index (χ4n) is 3.92. The molecule has 5 nitrogen and oxygen atoms in total. The number of alkyl halides is 3. The lowest BCUT2D eigenvalue weighted by Crippen LogP contribution is -2.39. The van der Waals surface area contributed by atoms with E-state index >= 15 is 0 Å². The molecular formula is C20H24F3N3O2S. The van der Waals surface area contributed by atoms with Crippen LogP contribution in [0.2, 0.25) is 0 Å². The summed E-state index contributed by atoms with van der Waals surface area (Å²) in [5.41, 5.74) is 0.150. The Bertz CT molecular complexity index is 946. The first-order chi connectivity index (χ1) is 13.6. The molecule has 0 amide bonds. The first-order valence-corrected chi connectivity index (χ1v) is 11.2. The molecule has 3 rings (SSSR count). The largest absolute Gasteiger partial charge is 0.416 e. The van der Waals surface area contributed by atoms with Crippen LogP contribution in [-0.2, 0) is 16.0 Å². The van der Waals surface area contributed by atoms with Gasteiger partial charge in [0.25, 0.3) is 0 Å². The van der Waals surface area contributed by atoms with Gasteiger partial charge in [0.15, 0.2) is 9.84 Å². The molecule has 0 aliphatic carbocycles. The van der Waals surface area contributed by atoms with Crippen LogP contribution in [0.1, 0.15) is 30.0 Å². The zero-order chi connectivity index (χ0) is 21.2. The van der Waals surface area contributed by atoms with E-state index in [9.17, 15) is 21.6 Å². The van der Waals surface area contributed by atoms with Gasteiger partial charge in [-0.3, -0.25) is 4.90 Å². The van der Waals surface area contributed by atoms with Crippen molar-refractivity contribution in [2.45, 2.75) is 30.0 Å². The molecule has 0 spiro atoms. The maximum absolute atomic E-state index is 12.9. The lowest BCUT2D eigenvalue weighted by molar-refractivity contribution is -0.137. The van der Waals surface area contributed by atoms with E-state index in [1.807, 2.05) is 7.05 Å². The number of hydrogen-bond acceptors (Lipinski definition) is 5. The molecule has 2 atom stereocenters. The topological polar surface area (TPSA) is 62.3 Å². The highest BCUT2D eigenvalue weighted by molar-refractivity contribution is 7.90. The van der Waals surface area contributed by atoms with Gasteiger partial charge in [0.1, 0.15) is 10.7 Å². The number of rotatable bonds is 5. The summed E-state index contributed by atoms with van der Waals surface area (Å²) in [6.07, 6.45) is 0.135. The maximum atomic E-state index is 12.9. The highest BCUT2D eigenvalue weighted by Crippen LogP contribution is 2.37. The van der Waals surface area contributed by atoms with Gasteiger partial charge < -0.3 is 5.32 Å². The highest BCUT2D eigenvalue weighted by Gasteiger charge is 2.33. The van der Waals surface area contributed by atoms with Crippen molar-refractivity contribution in [3.05, 3.63) is 53.7 Å². The molecule has 1 N–H and O–H groups in total. The zero-order valence-electron chi connectivity index (χ0n) is 16.3. The van der Waals surface area contributed by atoms with Crippen LogP contribution in [0, 0.1) is 5.92 Å². The van der Waals surface area contributed by atoms with Crippen molar-refractivity contribution >= 4 is 15.7 Å². The van der Waals surface area contributed by atoms with Crippen molar-refractivity contribution in [3.63, 3.8) is 0 Å². The predicted molar refractivity (Wildman–Crippen MR) is 105 cm³/mol. The van der Waals surface area contributed by atoms with Crippen molar-refractivity contribution in [1.29, 1.82) is 0 Å². The number of hydrogen-bond donors (Lipinski definition) is 1. The number of benzene rings is 1. The van der Waals surface area contributed by atoms with E-state index in [-0.39, 0.29) is 16.9 Å². The van der Waals surface area contributed by atoms with Gasteiger partial charge in [0.2, 0.25) is 0 Å². The Kier molecular flexibility index (Phi) is 6.19. The van der Waals surface area contributed by atoms with Gasteiger partial charge in [0, 0.05) is 25.0 Å². The van der Waals surface area contributed by atoms with Crippen molar-refractivity contribution in [2.24, 2.45) is 5.92 Å². The van der Waals surface area contributed by atoms with Gasteiger partial charge in [-0.1, -0.05) is 12.1 Å². The van der Waals surface area contributed by atoms with Crippen LogP contribution in [0.3, 0.4) is 0 Å². The Labute approximate surface area is 168 Å². The Morgan fingerprint density at radius 1 is 1.21 bits per heavy atom. The summed E-state index contributed by atoms with van der Waals surface area (Å²) >= 11 is 0. The summed E-state index contributed by atoms with van der Waals surface area (Å²) in [6.45, 7) is 1.32. The minimum atomic E-state index is -4.36. The molecule has 0 bridgehead atoms. The number of pyridine rings is 1. The molecule has 158 valence electrons. The van der Waals surface area contributed by atoms with Crippen molar-refractivity contribution in [1.82, 2.24) is 9.88 Å². The molecule has 29 heavy (non-hydrogen) atoms. The third-order valence-electron chi connectivity index (χ3n) is 5.29. The number of sulfone groups is 1. The van der Waals surface area contributed by atoms with E-state index in [2.05, 4.69) is 15.2 Å². The van der Waals surface area contributed by atoms with Crippen LogP contribution < -0.4 is 5.32 Å². The van der Waals surface area contributed by atoms with Crippen molar-refractivity contribution < 1.29 is 21.6 Å². The van der Waals surface area contributed by atoms with Gasteiger partial charge in [0.05, 0.1) is 5.56 Å². The number of anilines is 1. The Morgan fingerprint density at radius 2 is 1.90 bits per heavy atom. The number of nitrogens with zero attached hydrogens (tertiary/aromatic N) is 2. The third-order valence-corrected chi connectivity index (χ3v) is 6.42. The summed E-state index contributed by atoms with van der Waals surface area (Å²) in [7, 11) is -1.47. The molecule has 0 radical (unpaired) electrons. The van der Waals surface area contributed by atoms with Crippen LogP contribution >= 0.6 is 0 Å². The maximum Gasteiger partial charge on any atom is 0.416 e. The second kappa shape index (κ2) is 8.31. The molecule has 1 aliphatic heterocycles. The molecule has 2 aromatic rings. The summed E-state index contributed by atoms with van der Waals surface area (Å²) in [5.74, 6) is 0.397. The molecule has 1 aliphatic rings. The van der Waals surface area contributed by atoms with Crippen LogP contribution in [0.15, 0.2) is 47.5 Å². The van der Waals surface area contributed by atoms with Crippen molar-refractivity contribution in [3.8, 4) is 0 Å². The summed E-state index contributed by atoms with van der Waals surface area (Å²) in [5, 5.41) is 3.15. The van der Waals surface area contributed by atoms with Crippen LogP contribution in [0.4, 0.5) is 19.0 Å². The second-order valence-electron chi connectivity index (χ2n) is 7.45. The van der Waals surface area contributed by atoms with Gasteiger partial charge in [-0.25, -0.2) is 13.4 Å². The number of halogens is 3. The van der Waals surface area contributed by atoms with Crippen LogP contribution in [0.5, 0.6) is 0 Å². The van der Waals surface area contributed by atoms with E-state index in [0.717, 1.165) is 43.3 Å². The Hall–Kier alpha value is -2.13. The lowest BCUT2D eigenvalue weighted by Gasteiger charge is -2.40. The van der Waals surface area contributed by atoms with Gasteiger partial charge in [-0.15, -0.1) is 0 Å². The van der Waals surface area contributed by atoms with Gasteiger partial charge in [-0.05, 0) is 62.2 Å². The number of likely N-dealkylation sites (tertiary alicyclic amines) is 1. The quantitative estimate of drug-likeness (QED) is 0.782. The smallest absolute Gasteiger partial charge is 0.369 e. The second-order valence-corrected chi connectivity index (χ2v) is 9.43. The third kappa shape index (κ3) is 5.08.